The van der Waals surface area contributed by atoms with Gasteiger partial charge in [0.1, 0.15) is 11.4 Å². The van der Waals surface area contributed by atoms with Crippen LogP contribution in [0.25, 0.3) is 0 Å². The van der Waals surface area contributed by atoms with Crippen molar-refractivity contribution in [3.63, 3.8) is 0 Å². The predicted molar refractivity (Wildman–Crippen MR) is 68.6 cm³/mol. The van der Waals surface area contributed by atoms with Crippen molar-refractivity contribution in [2.45, 2.75) is 6.42 Å². The number of nitrogens with zero attached hydrogens (tertiary/aromatic N) is 2. The van der Waals surface area contributed by atoms with E-state index in [2.05, 4.69) is 24.7 Å². The summed E-state index contributed by atoms with van der Waals surface area (Å²) in [5.41, 5.74) is 1.23. The average molecular weight is 313 g/mol. The average Bonchev–Trinajstić information content (AvgIpc) is 2.83. The first-order chi connectivity index (χ1) is 8.20. The number of aromatic nitrogens is 2. The Kier molecular flexibility index (Phi) is 3.86. The zero-order valence-corrected chi connectivity index (χ0v) is 11.4. The van der Waals surface area contributed by atoms with Crippen molar-refractivity contribution >= 4 is 33.4 Å². The lowest BCUT2D eigenvalue weighted by molar-refractivity contribution is 0.0988. The minimum atomic E-state index is -0.0600. The van der Waals surface area contributed by atoms with Gasteiger partial charge in [-0.2, -0.15) is 8.75 Å². The van der Waals surface area contributed by atoms with Crippen molar-refractivity contribution in [2.75, 3.05) is 7.11 Å². The van der Waals surface area contributed by atoms with Crippen molar-refractivity contribution in [1.29, 1.82) is 0 Å². The van der Waals surface area contributed by atoms with Crippen LogP contribution in [-0.4, -0.2) is 21.6 Å². The Hall–Kier alpha value is -1.27. The molecule has 1 aromatic carbocycles. The fourth-order valence-electron chi connectivity index (χ4n) is 1.44. The molecule has 0 saturated heterocycles. The first-order valence-electron chi connectivity index (χ1n) is 4.84. The Morgan fingerprint density at radius 2 is 2.35 bits per heavy atom. The number of ether oxygens (including phenoxy) is 1. The highest BCUT2D eigenvalue weighted by Crippen LogP contribution is 2.24. The zero-order chi connectivity index (χ0) is 12.3. The van der Waals surface area contributed by atoms with E-state index in [1.807, 2.05) is 18.2 Å². The number of carbonyl (C=O) groups excluding carboxylic acids is 1. The van der Waals surface area contributed by atoms with Crippen molar-refractivity contribution in [3.8, 4) is 5.75 Å². The summed E-state index contributed by atoms with van der Waals surface area (Å²) in [6.07, 6.45) is 1.74. The maximum atomic E-state index is 11.9. The van der Waals surface area contributed by atoms with Crippen molar-refractivity contribution in [1.82, 2.24) is 8.75 Å². The lowest BCUT2D eigenvalue weighted by atomic mass is 10.1. The normalized spacial score (nSPS) is 10.2. The molecular weight excluding hydrogens is 304 g/mol. The summed E-state index contributed by atoms with van der Waals surface area (Å²) < 4.78 is 13.9. The number of benzene rings is 1. The first kappa shape index (κ1) is 12.2. The molecule has 17 heavy (non-hydrogen) atoms. The molecule has 0 saturated carbocycles. The van der Waals surface area contributed by atoms with Crippen LogP contribution in [0.2, 0.25) is 0 Å². The number of Topliss-reactive ketones (excluding diaryl/α,β-unsaturated/α-hetero) is 1. The van der Waals surface area contributed by atoms with E-state index in [0.29, 0.717) is 11.4 Å². The third-order valence-electron chi connectivity index (χ3n) is 2.24. The number of carbonyl (C=O) groups is 1. The number of halogens is 1. The fourth-order valence-corrected chi connectivity index (χ4v) is 2.28. The molecule has 0 aliphatic rings. The third kappa shape index (κ3) is 2.89. The summed E-state index contributed by atoms with van der Waals surface area (Å²) in [6, 6.07) is 5.57. The highest BCUT2D eigenvalue weighted by Gasteiger charge is 2.13. The molecule has 88 valence electrons. The topological polar surface area (TPSA) is 52.1 Å². The SMILES string of the molecule is COc1ccc(Br)cc1CC(=O)c1cnsn1. The van der Waals surface area contributed by atoms with Crippen LogP contribution in [0.5, 0.6) is 5.75 Å². The van der Waals surface area contributed by atoms with E-state index < -0.39 is 0 Å². The summed E-state index contributed by atoms with van der Waals surface area (Å²) in [6.45, 7) is 0. The second kappa shape index (κ2) is 5.37. The van der Waals surface area contributed by atoms with Gasteiger partial charge in [-0.1, -0.05) is 15.9 Å². The van der Waals surface area contributed by atoms with Gasteiger partial charge in [-0.05, 0) is 18.2 Å². The first-order valence-corrected chi connectivity index (χ1v) is 6.36. The lowest BCUT2D eigenvalue weighted by Crippen LogP contribution is -2.05. The monoisotopic (exact) mass is 312 g/mol. The summed E-state index contributed by atoms with van der Waals surface area (Å²) in [5, 5.41) is 0. The molecule has 4 nitrogen and oxygen atoms in total. The van der Waals surface area contributed by atoms with Gasteiger partial charge in [0.25, 0.3) is 0 Å². The lowest BCUT2D eigenvalue weighted by Gasteiger charge is -2.07. The number of hydrogen-bond acceptors (Lipinski definition) is 5. The van der Waals surface area contributed by atoms with Crippen LogP contribution in [0.1, 0.15) is 16.1 Å². The quantitative estimate of drug-likeness (QED) is 0.815. The predicted octanol–water partition coefficient (Wildman–Crippen LogP) is 2.73. The largest absolute Gasteiger partial charge is 0.496 e. The number of methoxy groups -OCH3 is 1. The van der Waals surface area contributed by atoms with Crippen molar-refractivity contribution in [2.24, 2.45) is 0 Å². The molecule has 1 heterocycles. The summed E-state index contributed by atoms with van der Waals surface area (Å²) in [4.78, 5) is 11.9. The summed E-state index contributed by atoms with van der Waals surface area (Å²) in [5.74, 6) is 0.639. The Morgan fingerprint density at radius 3 is 3.00 bits per heavy atom. The summed E-state index contributed by atoms with van der Waals surface area (Å²) >= 11 is 4.40. The van der Waals surface area contributed by atoms with Crippen LogP contribution in [0.4, 0.5) is 0 Å². The molecule has 2 rings (SSSR count). The molecule has 0 N–H and O–H groups in total. The van der Waals surface area contributed by atoms with Gasteiger partial charge in [-0.15, -0.1) is 0 Å². The van der Waals surface area contributed by atoms with E-state index in [9.17, 15) is 4.79 Å². The van der Waals surface area contributed by atoms with Gasteiger partial charge in [0.05, 0.1) is 25.0 Å². The Balaban J connectivity index is 2.23. The molecular formula is C11H9BrN2O2S. The second-order valence-electron chi connectivity index (χ2n) is 3.35. The molecule has 6 heteroatoms. The van der Waals surface area contributed by atoms with Crippen molar-refractivity contribution < 1.29 is 9.53 Å². The number of rotatable bonds is 4. The van der Waals surface area contributed by atoms with Gasteiger partial charge in [0.15, 0.2) is 5.78 Å². The highest BCUT2D eigenvalue weighted by atomic mass is 79.9. The second-order valence-corrected chi connectivity index (χ2v) is 4.82. The van der Waals surface area contributed by atoms with Gasteiger partial charge in [0, 0.05) is 16.5 Å². The molecule has 2 aromatic rings. The number of hydrogen-bond donors (Lipinski definition) is 0. The molecule has 0 bridgehead atoms. The molecule has 0 atom stereocenters. The molecule has 0 amide bonds. The number of ketones is 1. The maximum Gasteiger partial charge on any atom is 0.188 e. The molecule has 0 spiro atoms. The van der Waals surface area contributed by atoms with E-state index in [4.69, 9.17) is 4.74 Å². The molecule has 0 fully saturated rings. The van der Waals surface area contributed by atoms with E-state index in [0.717, 1.165) is 21.8 Å². The molecule has 0 aliphatic heterocycles. The van der Waals surface area contributed by atoms with E-state index >= 15 is 0 Å². The third-order valence-corrected chi connectivity index (χ3v) is 3.21. The van der Waals surface area contributed by atoms with Gasteiger partial charge in [-0.3, -0.25) is 4.79 Å². The molecule has 0 radical (unpaired) electrons. The Labute approximate surface area is 111 Å². The van der Waals surface area contributed by atoms with E-state index in [1.165, 1.54) is 6.20 Å². The van der Waals surface area contributed by atoms with Crippen LogP contribution in [0.3, 0.4) is 0 Å². The van der Waals surface area contributed by atoms with E-state index in [-0.39, 0.29) is 12.2 Å². The minimum Gasteiger partial charge on any atom is -0.496 e. The van der Waals surface area contributed by atoms with Gasteiger partial charge >= 0.3 is 0 Å². The molecule has 0 unspecified atom stereocenters. The summed E-state index contributed by atoms with van der Waals surface area (Å²) in [7, 11) is 1.58. The van der Waals surface area contributed by atoms with Crippen molar-refractivity contribution in [3.05, 3.63) is 40.1 Å². The van der Waals surface area contributed by atoms with Crippen LogP contribution in [0, 0.1) is 0 Å². The van der Waals surface area contributed by atoms with Crippen LogP contribution < -0.4 is 4.74 Å². The smallest absolute Gasteiger partial charge is 0.188 e. The molecule has 0 aliphatic carbocycles. The molecule has 1 aromatic heterocycles. The van der Waals surface area contributed by atoms with Gasteiger partial charge in [-0.25, -0.2) is 0 Å². The highest BCUT2D eigenvalue weighted by molar-refractivity contribution is 9.10. The minimum absolute atomic E-state index is 0.0600. The van der Waals surface area contributed by atoms with E-state index in [1.54, 1.807) is 7.11 Å². The van der Waals surface area contributed by atoms with Crippen LogP contribution in [0.15, 0.2) is 28.9 Å². The van der Waals surface area contributed by atoms with Gasteiger partial charge < -0.3 is 4.74 Å². The zero-order valence-electron chi connectivity index (χ0n) is 9.01. The Morgan fingerprint density at radius 1 is 1.53 bits per heavy atom. The fraction of sp³-hybridized carbons (Fsp3) is 0.182. The Bertz CT molecular complexity index is 528. The van der Waals surface area contributed by atoms with Gasteiger partial charge in [0.2, 0.25) is 0 Å². The maximum absolute atomic E-state index is 11.9. The standard InChI is InChI=1S/C11H9BrN2O2S/c1-16-11-3-2-8(12)4-7(11)5-10(15)9-6-13-17-14-9/h2-4,6H,5H2,1H3. The van der Waals surface area contributed by atoms with Crippen LogP contribution >= 0.6 is 27.7 Å². The van der Waals surface area contributed by atoms with Crippen LogP contribution in [-0.2, 0) is 6.42 Å².